The lowest BCUT2D eigenvalue weighted by molar-refractivity contribution is -0.122. The zero-order valence-electron chi connectivity index (χ0n) is 10.6. The summed E-state index contributed by atoms with van der Waals surface area (Å²) in [5, 5.41) is 2.58. The van der Waals surface area contributed by atoms with E-state index >= 15 is 0 Å². The fourth-order valence-corrected chi connectivity index (χ4v) is 2.08. The van der Waals surface area contributed by atoms with Crippen molar-refractivity contribution >= 4 is 23.3 Å². The second-order valence-electron chi connectivity index (χ2n) is 4.28. The molecular formula is C14H14N2O3. The fraction of sp³-hybridized carbons (Fsp3) is 0.214. The summed E-state index contributed by atoms with van der Waals surface area (Å²) in [6.45, 7) is 5.47. The van der Waals surface area contributed by atoms with Gasteiger partial charge in [0.15, 0.2) is 0 Å². The van der Waals surface area contributed by atoms with Gasteiger partial charge in [-0.15, -0.1) is 6.58 Å². The number of carbonyl (C=O) groups is 3. The van der Waals surface area contributed by atoms with Crippen LogP contribution < -0.4 is 10.2 Å². The molecule has 98 valence electrons. The predicted octanol–water partition coefficient (Wildman–Crippen LogP) is 0.827. The topological polar surface area (TPSA) is 66.5 Å². The molecule has 2 amide bonds. The summed E-state index contributed by atoms with van der Waals surface area (Å²) in [6, 6.07) is 5.13. The zero-order chi connectivity index (χ0) is 14.0. The van der Waals surface area contributed by atoms with E-state index in [4.69, 9.17) is 0 Å². The Labute approximate surface area is 110 Å². The molecule has 5 nitrogen and oxygen atoms in total. The summed E-state index contributed by atoms with van der Waals surface area (Å²) in [7, 11) is 0. The van der Waals surface area contributed by atoms with E-state index in [9.17, 15) is 14.4 Å². The monoisotopic (exact) mass is 258 g/mol. The minimum absolute atomic E-state index is 0.156. The van der Waals surface area contributed by atoms with Crippen LogP contribution in [0.5, 0.6) is 0 Å². The molecular weight excluding hydrogens is 244 g/mol. The van der Waals surface area contributed by atoms with E-state index in [1.807, 2.05) is 0 Å². The van der Waals surface area contributed by atoms with Gasteiger partial charge in [0.05, 0.1) is 11.3 Å². The van der Waals surface area contributed by atoms with E-state index in [2.05, 4.69) is 11.9 Å². The van der Waals surface area contributed by atoms with Gasteiger partial charge in [-0.25, -0.2) is 0 Å². The van der Waals surface area contributed by atoms with Crippen LogP contribution in [0.25, 0.3) is 0 Å². The average Bonchev–Trinajstić information content (AvgIpc) is 2.63. The predicted molar refractivity (Wildman–Crippen MR) is 71.1 cm³/mol. The Kier molecular flexibility index (Phi) is 3.46. The number of fused-ring (bicyclic) bond motifs is 1. The molecule has 0 fully saturated rings. The molecule has 1 aliphatic rings. The molecule has 1 heterocycles. The first kappa shape index (κ1) is 13.0. The Morgan fingerprint density at radius 1 is 1.42 bits per heavy atom. The molecule has 0 spiro atoms. The lowest BCUT2D eigenvalue weighted by Gasteiger charge is -2.17. The third-order valence-corrected chi connectivity index (χ3v) is 2.94. The molecule has 0 aromatic heterocycles. The molecule has 2 rings (SSSR count). The van der Waals surface area contributed by atoms with E-state index in [0.29, 0.717) is 17.8 Å². The van der Waals surface area contributed by atoms with Crippen LogP contribution in [0, 0.1) is 6.92 Å². The van der Waals surface area contributed by atoms with Gasteiger partial charge >= 0.3 is 0 Å². The molecule has 5 heteroatoms. The van der Waals surface area contributed by atoms with Crippen LogP contribution in [-0.4, -0.2) is 30.7 Å². The van der Waals surface area contributed by atoms with Crippen LogP contribution in [0.4, 0.5) is 5.69 Å². The van der Waals surface area contributed by atoms with Gasteiger partial charge in [0.25, 0.3) is 11.7 Å². The Hall–Kier alpha value is -2.43. The highest BCUT2D eigenvalue weighted by Gasteiger charge is 2.37. The van der Waals surface area contributed by atoms with Crippen LogP contribution in [0.15, 0.2) is 30.9 Å². The molecule has 0 unspecified atom stereocenters. The van der Waals surface area contributed by atoms with Gasteiger partial charge in [-0.1, -0.05) is 18.2 Å². The number of amides is 2. The molecule has 0 aliphatic carbocycles. The number of hydrogen-bond acceptors (Lipinski definition) is 3. The number of benzene rings is 1. The van der Waals surface area contributed by atoms with Gasteiger partial charge in [0.1, 0.15) is 6.54 Å². The number of carbonyl (C=O) groups excluding carboxylic acids is 3. The fourth-order valence-electron chi connectivity index (χ4n) is 2.08. The van der Waals surface area contributed by atoms with Crippen molar-refractivity contribution in [3.63, 3.8) is 0 Å². The summed E-state index contributed by atoms with van der Waals surface area (Å²) in [6.07, 6.45) is 1.55. The van der Waals surface area contributed by atoms with Crippen molar-refractivity contribution in [1.29, 1.82) is 0 Å². The smallest absolute Gasteiger partial charge is 0.299 e. The largest absolute Gasteiger partial charge is 0.351 e. The normalized spacial score (nSPS) is 13.4. The van der Waals surface area contributed by atoms with Gasteiger partial charge in [-0.3, -0.25) is 19.3 Å². The number of nitrogens with zero attached hydrogens (tertiary/aromatic N) is 1. The molecule has 1 aromatic rings. The van der Waals surface area contributed by atoms with E-state index in [1.165, 1.54) is 4.90 Å². The van der Waals surface area contributed by atoms with Crippen LogP contribution in [0.3, 0.4) is 0 Å². The number of nitrogens with one attached hydrogen (secondary N) is 1. The molecule has 1 N–H and O–H groups in total. The molecule has 0 atom stereocenters. The number of hydrogen-bond donors (Lipinski definition) is 1. The summed E-state index contributed by atoms with van der Waals surface area (Å²) in [5.74, 6) is -1.54. The molecule has 0 radical (unpaired) electrons. The van der Waals surface area contributed by atoms with E-state index in [-0.39, 0.29) is 12.5 Å². The second kappa shape index (κ2) is 5.06. The van der Waals surface area contributed by atoms with Crippen molar-refractivity contribution in [3.05, 3.63) is 42.0 Å². The Balaban J connectivity index is 2.28. The molecule has 1 aromatic carbocycles. The van der Waals surface area contributed by atoms with Gasteiger partial charge < -0.3 is 5.32 Å². The first-order chi connectivity index (χ1) is 9.06. The van der Waals surface area contributed by atoms with Crippen LogP contribution in [-0.2, 0) is 9.59 Å². The lowest BCUT2D eigenvalue weighted by atomic mass is 10.1. The Bertz CT molecular complexity index is 578. The number of aryl methyl sites for hydroxylation is 1. The number of rotatable bonds is 4. The van der Waals surface area contributed by atoms with E-state index < -0.39 is 11.7 Å². The zero-order valence-corrected chi connectivity index (χ0v) is 10.6. The highest BCUT2D eigenvalue weighted by atomic mass is 16.2. The maximum atomic E-state index is 11.9. The van der Waals surface area contributed by atoms with Crippen LogP contribution in [0.1, 0.15) is 15.9 Å². The number of anilines is 1. The quantitative estimate of drug-likeness (QED) is 0.642. The summed E-state index contributed by atoms with van der Waals surface area (Å²) in [4.78, 5) is 36.6. The number of Topliss-reactive ketones (excluding diaryl/α,β-unsaturated/α-hetero) is 1. The average molecular weight is 258 g/mol. The number of ketones is 1. The van der Waals surface area contributed by atoms with Crippen molar-refractivity contribution < 1.29 is 14.4 Å². The first-order valence-corrected chi connectivity index (χ1v) is 5.89. The summed E-state index contributed by atoms with van der Waals surface area (Å²) < 4.78 is 0. The highest BCUT2D eigenvalue weighted by molar-refractivity contribution is 6.52. The maximum absolute atomic E-state index is 11.9. The first-order valence-electron chi connectivity index (χ1n) is 5.89. The molecule has 0 saturated heterocycles. The van der Waals surface area contributed by atoms with Gasteiger partial charge in [-0.2, -0.15) is 0 Å². The Morgan fingerprint density at radius 2 is 2.16 bits per heavy atom. The third-order valence-electron chi connectivity index (χ3n) is 2.94. The van der Waals surface area contributed by atoms with Gasteiger partial charge in [-0.05, 0) is 18.6 Å². The molecule has 0 bridgehead atoms. The minimum Gasteiger partial charge on any atom is -0.351 e. The van der Waals surface area contributed by atoms with Crippen molar-refractivity contribution in [1.82, 2.24) is 5.32 Å². The number of para-hydroxylation sites is 1. The summed E-state index contributed by atoms with van der Waals surface area (Å²) >= 11 is 0. The molecule has 19 heavy (non-hydrogen) atoms. The summed E-state index contributed by atoms with van der Waals surface area (Å²) in [5.41, 5.74) is 1.70. The minimum atomic E-state index is -0.655. The van der Waals surface area contributed by atoms with Crippen LogP contribution >= 0.6 is 0 Å². The highest BCUT2D eigenvalue weighted by Crippen LogP contribution is 2.31. The van der Waals surface area contributed by atoms with Crippen molar-refractivity contribution in [3.8, 4) is 0 Å². The van der Waals surface area contributed by atoms with Gasteiger partial charge in [0.2, 0.25) is 5.91 Å². The van der Waals surface area contributed by atoms with Crippen molar-refractivity contribution in [2.24, 2.45) is 0 Å². The van der Waals surface area contributed by atoms with Crippen LogP contribution in [0.2, 0.25) is 0 Å². The lowest BCUT2D eigenvalue weighted by Crippen LogP contribution is -2.40. The van der Waals surface area contributed by atoms with Crippen molar-refractivity contribution in [2.45, 2.75) is 6.92 Å². The SMILES string of the molecule is C=CCNC(=O)CN1C(=O)C(=O)c2cccc(C)c21. The van der Waals surface area contributed by atoms with E-state index in [0.717, 1.165) is 5.56 Å². The second-order valence-corrected chi connectivity index (χ2v) is 4.28. The maximum Gasteiger partial charge on any atom is 0.299 e. The Morgan fingerprint density at radius 3 is 2.84 bits per heavy atom. The van der Waals surface area contributed by atoms with E-state index in [1.54, 1.807) is 31.2 Å². The molecule has 1 aliphatic heterocycles. The standard InChI is InChI=1S/C14H14N2O3/c1-3-7-15-11(17)8-16-12-9(2)5-4-6-10(12)13(18)14(16)19/h3-6H,1,7-8H2,2H3,(H,15,17). The van der Waals surface area contributed by atoms with Gasteiger partial charge in [0, 0.05) is 6.54 Å². The molecule has 0 saturated carbocycles. The van der Waals surface area contributed by atoms with Crippen molar-refractivity contribution in [2.75, 3.05) is 18.0 Å². The third kappa shape index (κ3) is 2.27.